The topological polar surface area (TPSA) is 88.7 Å². The van der Waals surface area contributed by atoms with Crippen LogP contribution in [0.25, 0.3) is 22.8 Å². The number of hydrogen-bond donors (Lipinski definition) is 1. The molecule has 0 fully saturated rings. The summed E-state index contributed by atoms with van der Waals surface area (Å²) in [5, 5.41) is 13.8. The van der Waals surface area contributed by atoms with Gasteiger partial charge in [-0.3, -0.25) is 9.69 Å². The quantitative estimate of drug-likeness (QED) is 0.545. The predicted octanol–water partition coefficient (Wildman–Crippen LogP) is 4.44. The molecule has 0 radical (unpaired) electrons. The van der Waals surface area contributed by atoms with Crippen LogP contribution in [0.2, 0.25) is 0 Å². The third kappa shape index (κ3) is 4.68. The van der Waals surface area contributed by atoms with E-state index in [1.54, 1.807) is 13.8 Å². The molecule has 1 aromatic heterocycles. The number of terminal acetylenes is 1. The summed E-state index contributed by atoms with van der Waals surface area (Å²) >= 11 is 0. The molecule has 176 valence electrons. The normalized spacial score (nSPS) is 14.4. The van der Waals surface area contributed by atoms with Crippen LogP contribution in [-0.4, -0.2) is 50.8 Å². The molecule has 0 saturated carbocycles. The van der Waals surface area contributed by atoms with Crippen LogP contribution in [0.5, 0.6) is 5.75 Å². The van der Waals surface area contributed by atoms with Crippen LogP contribution in [-0.2, 0) is 17.6 Å². The molecule has 3 aromatic rings. The lowest BCUT2D eigenvalue weighted by molar-refractivity contribution is -0.149. The van der Waals surface area contributed by atoms with Crippen molar-refractivity contribution in [2.24, 2.45) is 0 Å². The minimum Gasteiger partial charge on any atom is -0.490 e. The molecule has 7 nitrogen and oxygen atoms in total. The van der Waals surface area contributed by atoms with Crippen molar-refractivity contribution in [2.75, 3.05) is 13.1 Å². The molecule has 0 spiro atoms. The van der Waals surface area contributed by atoms with Crippen molar-refractivity contribution in [3.8, 4) is 40.9 Å². The predicted molar refractivity (Wildman–Crippen MR) is 130 cm³/mol. The van der Waals surface area contributed by atoms with E-state index in [-0.39, 0.29) is 6.10 Å². The van der Waals surface area contributed by atoms with Crippen molar-refractivity contribution in [1.82, 2.24) is 15.0 Å². The first-order valence-corrected chi connectivity index (χ1v) is 11.4. The number of carboxylic acid groups (broad SMARTS) is 1. The molecule has 0 atom stereocenters. The van der Waals surface area contributed by atoms with Gasteiger partial charge in [0.2, 0.25) is 5.82 Å². The highest BCUT2D eigenvalue weighted by atomic mass is 16.5. The van der Waals surface area contributed by atoms with Crippen molar-refractivity contribution < 1.29 is 19.2 Å². The largest absolute Gasteiger partial charge is 0.490 e. The average Bonchev–Trinajstić information content (AvgIpc) is 3.19. The summed E-state index contributed by atoms with van der Waals surface area (Å²) in [7, 11) is 0. The molecule has 1 N–H and O–H groups in total. The summed E-state index contributed by atoms with van der Waals surface area (Å²) in [4.78, 5) is 18.3. The SMILES string of the molecule is C#Cc1cc(-c2nc(-c3ccc4c(c3)CCN(C(C)(C)C(=O)O)CC4)no2)ccc1OC(C)C. The lowest BCUT2D eigenvalue weighted by Crippen LogP contribution is -2.51. The highest BCUT2D eigenvalue weighted by molar-refractivity contribution is 5.77. The zero-order chi connectivity index (χ0) is 24.5. The zero-order valence-corrected chi connectivity index (χ0v) is 20.0. The standard InChI is InChI=1S/C27H29N3O4/c1-6-18-15-22(9-10-23(18)33-17(2)3)25-28-24(29-34-25)21-8-7-19-11-13-30(14-12-20(19)16-21)27(4,5)26(31)32/h1,7-10,15-17H,11-14H2,2-5H3,(H,31,32). The fraction of sp³-hybridized carbons (Fsp3) is 0.370. The van der Waals surface area contributed by atoms with E-state index in [4.69, 9.17) is 15.7 Å². The summed E-state index contributed by atoms with van der Waals surface area (Å²) in [5.74, 6) is 3.37. The number of hydrogen-bond acceptors (Lipinski definition) is 6. The lowest BCUT2D eigenvalue weighted by Gasteiger charge is -2.33. The molecular formula is C27H29N3O4. The fourth-order valence-electron chi connectivity index (χ4n) is 4.15. The van der Waals surface area contributed by atoms with Gasteiger partial charge in [-0.25, -0.2) is 0 Å². The van der Waals surface area contributed by atoms with Gasteiger partial charge in [-0.05, 0) is 75.9 Å². The van der Waals surface area contributed by atoms with Crippen molar-refractivity contribution >= 4 is 5.97 Å². The van der Waals surface area contributed by atoms with Gasteiger partial charge >= 0.3 is 5.97 Å². The Morgan fingerprint density at radius 3 is 2.53 bits per heavy atom. The fourth-order valence-corrected chi connectivity index (χ4v) is 4.15. The second-order valence-electron chi connectivity index (χ2n) is 9.28. The number of rotatable bonds is 6. The molecule has 0 bridgehead atoms. The molecule has 0 amide bonds. The highest BCUT2D eigenvalue weighted by Gasteiger charge is 2.35. The van der Waals surface area contributed by atoms with Crippen LogP contribution >= 0.6 is 0 Å². The monoisotopic (exact) mass is 459 g/mol. The summed E-state index contributed by atoms with van der Waals surface area (Å²) < 4.78 is 11.3. The number of benzene rings is 2. The third-order valence-electron chi connectivity index (χ3n) is 6.25. The van der Waals surface area contributed by atoms with Crippen molar-refractivity contribution in [2.45, 2.75) is 52.2 Å². The van der Waals surface area contributed by atoms with E-state index in [0.29, 0.717) is 36.1 Å². The zero-order valence-electron chi connectivity index (χ0n) is 20.0. The van der Waals surface area contributed by atoms with Crippen molar-refractivity contribution in [1.29, 1.82) is 0 Å². The molecule has 7 heteroatoms. The number of aliphatic carboxylic acids is 1. The van der Waals surface area contributed by atoms with Gasteiger partial charge in [0.1, 0.15) is 11.3 Å². The van der Waals surface area contributed by atoms with Gasteiger partial charge in [-0.15, -0.1) is 6.42 Å². The Hall–Kier alpha value is -3.63. The van der Waals surface area contributed by atoms with Gasteiger partial charge < -0.3 is 14.4 Å². The van der Waals surface area contributed by atoms with Crippen LogP contribution in [0.15, 0.2) is 40.9 Å². The summed E-state index contributed by atoms with van der Waals surface area (Å²) in [5.41, 5.74) is 3.71. The second-order valence-corrected chi connectivity index (χ2v) is 9.28. The maximum atomic E-state index is 11.7. The van der Waals surface area contributed by atoms with Gasteiger partial charge in [0.05, 0.1) is 11.7 Å². The Labute approximate surface area is 199 Å². The molecule has 0 saturated heterocycles. The van der Waals surface area contributed by atoms with Gasteiger partial charge in [0.15, 0.2) is 0 Å². The average molecular weight is 460 g/mol. The molecule has 34 heavy (non-hydrogen) atoms. The first kappa shape index (κ1) is 23.5. The molecule has 4 rings (SSSR count). The van der Waals surface area contributed by atoms with E-state index in [0.717, 1.165) is 24.0 Å². The van der Waals surface area contributed by atoms with Crippen LogP contribution in [0.1, 0.15) is 44.4 Å². The molecule has 2 aromatic carbocycles. The molecule has 1 aliphatic rings. The maximum absolute atomic E-state index is 11.7. The minimum atomic E-state index is -0.902. The van der Waals surface area contributed by atoms with Gasteiger partial charge in [-0.1, -0.05) is 23.2 Å². The Balaban J connectivity index is 1.56. The smallest absolute Gasteiger partial charge is 0.323 e. The summed E-state index contributed by atoms with van der Waals surface area (Å²) in [6.07, 6.45) is 7.24. The van der Waals surface area contributed by atoms with Crippen LogP contribution < -0.4 is 4.74 Å². The summed E-state index contributed by atoms with van der Waals surface area (Å²) in [6.45, 7) is 8.78. The van der Waals surface area contributed by atoms with Gasteiger partial charge in [0, 0.05) is 24.2 Å². The minimum absolute atomic E-state index is 0.0171. The number of nitrogens with zero attached hydrogens (tertiary/aromatic N) is 3. The first-order valence-electron chi connectivity index (χ1n) is 11.4. The third-order valence-corrected chi connectivity index (χ3v) is 6.25. The Bertz CT molecular complexity index is 1250. The Morgan fingerprint density at radius 1 is 1.15 bits per heavy atom. The van der Waals surface area contributed by atoms with Gasteiger partial charge in [0.25, 0.3) is 5.89 Å². The molecule has 0 aliphatic carbocycles. The summed E-state index contributed by atoms with van der Waals surface area (Å²) in [6, 6.07) is 11.6. The Morgan fingerprint density at radius 2 is 1.85 bits per heavy atom. The molecule has 0 unspecified atom stereocenters. The molecular weight excluding hydrogens is 430 g/mol. The second kappa shape index (κ2) is 9.32. The van der Waals surface area contributed by atoms with E-state index in [2.05, 4.69) is 28.2 Å². The number of carbonyl (C=O) groups is 1. The van der Waals surface area contributed by atoms with E-state index in [1.165, 1.54) is 11.1 Å². The van der Waals surface area contributed by atoms with Crippen molar-refractivity contribution in [3.05, 3.63) is 53.1 Å². The van der Waals surface area contributed by atoms with Gasteiger partial charge in [-0.2, -0.15) is 4.98 Å². The van der Waals surface area contributed by atoms with Crippen molar-refractivity contribution in [3.63, 3.8) is 0 Å². The van der Waals surface area contributed by atoms with Crippen LogP contribution in [0.4, 0.5) is 0 Å². The van der Waals surface area contributed by atoms with E-state index in [1.807, 2.05) is 43.0 Å². The number of carboxylic acids is 1. The lowest BCUT2D eigenvalue weighted by atomic mass is 10.00. The number of ether oxygens (including phenoxy) is 1. The van der Waals surface area contributed by atoms with E-state index in [9.17, 15) is 9.90 Å². The maximum Gasteiger partial charge on any atom is 0.323 e. The van der Waals surface area contributed by atoms with E-state index < -0.39 is 11.5 Å². The first-order chi connectivity index (χ1) is 16.2. The number of fused-ring (bicyclic) bond motifs is 1. The molecule has 1 aliphatic heterocycles. The van der Waals surface area contributed by atoms with Crippen LogP contribution in [0.3, 0.4) is 0 Å². The molecule has 2 heterocycles. The Kier molecular flexibility index (Phi) is 6.45. The highest BCUT2D eigenvalue weighted by Crippen LogP contribution is 2.29. The van der Waals surface area contributed by atoms with E-state index >= 15 is 0 Å². The van der Waals surface area contributed by atoms with Crippen LogP contribution in [0, 0.1) is 12.3 Å². The number of aromatic nitrogens is 2.